The Hall–Kier alpha value is -4.22. The smallest absolute Gasteiger partial charge is 0.253 e. The van der Waals surface area contributed by atoms with Crippen LogP contribution in [0.1, 0.15) is 27.2 Å². The number of aryl methyl sites for hydroxylation is 1. The molecule has 2 heterocycles. The minimum atomic E-state index is 0.0747. The summed E-state index contributed by atoms with van der Waals surface area (Å²) in [5, 5.41) is 2.94. The molecule has 6 heteroatoms. The lowest BCUT2D eigenvalue weighted by molar-refractivity contribution is 0.0746. The number of hydrogen-bond acceptors (Lipinski definition) is 4. The molecule has 0 unspecified atom stereocenters. The first-order chi connectivity index (χ1) is 19.0. The highest BCUT2D eigenvalue weighted by atomic mass is 35.5. The summed E-state index contributed by atoms with van der Waals surface area (Å²) in [6.07, 6.45) is 0.712. The summed E-state index contributed by atoms with van der Waals surface area (Å²) < 4.78 is 0. The van der Waals surface area contributed by atoms with Crippen molar-refractivity contribution < 1.29 is 4.79 Å². The number of piperazine rings is 1. The summed E-state index contributed by atoms with van der Waals surface area (Å²) in [5.74, 6) is 1.73. The molecule has 0 saturated carbocycles. The highest BCUT2D eigenvalue weighted by Crippen LogP contribution is 2.29. The molecule has 4 aromatic carbocycles. The second-order valence-corrected chi connectivity index (χ2v) is 10.4. The van der Waals surface area contributed by atoms with Crippen LogP contribution in [-0.4, -0.2) is 47.0 Å². The molecular formula is C33H29ClN4O. The lowest BCUT2D eigenvalue weighted by Crippen LogP contribution is -2.49. The Balaban J connectivity index is 1.27. The van der Waals surface area contributed by atoms with Gasteiger partial charge in [-0.05, 0) is 47.5 Å². The highest BCUT2D eigenvalue weighted by Gasteiger charge is 2.26. The van der Waals surface area contributed by atoms with Crippen molar-refractivity contribution in [3.8, 4) is 11.4 Å². The van der Waals surface area contributed by atoms with Crippen molar-refractivity contribution in [1.82, 2.24) is 14.9 Å². The van der Waals surface area contributed by atoms with Crippen molar-refractivity contribution >= 4 is 34.1 Å². The van der Waals surface area contributed by atoms with Crippen LogP contribution < -0.4 is 4.90 Å². The van der Waals surface area contributed by atoms with Gasteiger partial charge in [0.2, 0.25) is 0 Å². The number of benzene rings is 4. The first-order valence-electron chi connectivity index (χ1n) is 13.3. The van der Waals surface area contributed by atoms with E-state index in [1.165, 1.54) is 0 Å². The number of fused-ring (bicyclic) bond motifs is 1. The molecule has 0 N–H and O–H groups in total. The van der Waals surface area contributed by atoms with Crippen LogP contribution in [0.15, 0.2) is 97.1 Å². The van der Waals surface area contributed by atoms with E-state index in [-0.39, 0.29) is 5.91 Å². The average Bonchev–Trinajstić information content (AvgIpc) is 2.99. The first kappa shape index (κ1) is 25.1. The van der Waals surface area contributed by atoms with Crippen LogP contribution in [0.2, 0.25) is 5.02 Å². The Morgan fingerprint density at radius 2 is 1.49 bits per heavy atom. The maximum absolute atomic E-state index is 13.4. The molecule has 5 aromatic rings. The van der Waals surface area contributed by atoms with E-state index in [4.69, 9.17) is 21.6 Å². The molecule has 0 radical (unpaired) electrons. The second kappa shape index (κ2) is 10.9. The maximum atomic E-state index is 13.4. The van der Waals surface area contributed by atoms with Gasteiger partial charge in [0.15, 0.2) is 5.82 Å². The van der Waals surface area contributed by atoms with Gasteiger partial charge in [-0.3, -0.25) is 4.79 Å². The third kappa shape index (κ3) is 5.36. The Morgan fingerprint density at radius 3 is 2.23 bits per heavy atom. The summed E-state index contributed by atoms with van der Waals surface area (Å²) in [6.45, 7) is 4.74. The number of hydrogen-bond donors (Lipinski definition) is 0. The summed E-state index contributed by atoms with van der Waals surface area (Å²) in [5.41, 5.74) is 4.94. The van der Waals surface area contributed by atoms with Gasteiger partial charge in [-0.15, -0.1) is 0 Å². The van der Waals surface area contributed by atoms with E-state index in [1.54, 1.807) is 0 Å². The van der Waals surface area contributed by atoms with Gasteiger partial charge in [0.05, 0.1) is 0 Å². The van der Waals surface area contributed by atoms with Crippen LogP contribution in [0.3, 0.4) is 0 Å². The topological polar surface area (TPSA) is 49.3 Å². The minimum absolute atomic E-state index is 0.0747. The van der Waals surface area contributed by atoms with E-state index in [2.05, 4.69) is 30.0 Å². The van der Waals surface area contributed by atoms with E-state index in [0.717, 1.165) is 55.4 Å². The molecular weight excluding hydrogens is 504 g/mol. The van der Waals surface area contributed by atoms with E-state index < -0.39 is 0 Å². The van der Waals surface area contributed by atoms with E-state index in [0.29, 0.717) is 32.6 Å². The van der Waals surface area contributed by atoms with Crippen LogP contribution in [0.5, 0.6) is 0 Å². The van der Waals surface area contributed by atoms with Crippen molar-refractivity contribution in [2.45, 2.75) is 13.3 Å². The molecule has 1 aliphatic heterocycles. The van der Waals surface area contributed by atoms with Gasteiger partial charge in [0.25, 0.3) is 5.91 Å². The van der Waals surface area contributed by atoms with Gasteiger partial charge in [0.1, 0.15) is 5.82 Å². The van der Waals surface area contributed by atoms with Crippen molar-refractivity contribution in [2.75, 3.05) is 31.1 Å². The molecule has 6 rings (SSSR count). The Bertz CT molecular complexity index is 1630. The van der Waals surface area contributed by atoms with Gasteiger partial charge in [-0.2, -0.15) is 0 Å². The van der Waals surface area contributed by atoms with Crippen molar-refractivity contribution in [3.05, 3.63) is 124 Å². The van der Waals surface area contributed by atoms with Gasteiger partial charge in [-0.25, -0.2) is 9.97 Å². The molecule has 1 amide bonds. The molecule has 5 nitrogen and oxygen atoms in total. The fraction of sp³-hybridized carbons (Fsp3) is 0.182. The SMILES string of the molecule is Cc1nc(-c2ccccc2)nc(N2CCN(C(=O)c3ccc4ccccc4c3)CC2)c1Cc1ccc(Cl)cc1. The first-order valence-corrected chi connectivity index (χ1v) is 13.6. The zero-order valence-corrected chi connectivity index (χ0v) is 22.6. The number of carbonyl (C=O) groups is 1. The highest BCUT2D eigenvalue weighted by molar-refractivity contribution is 6.30. The fourth-order valence-electron chi connectivity index (χ4n) is 5.20. The van der Waals surface area contributed by atoms with Crippen LogP contribution >= 0.6 is 11.6 Å². The number of halogens is 1. The molecule has 1 fully saturated rings. The van der Waals surface area contributed by atoms with Gasteiger partial charge in [0, 0.05) is 60.0 Å². The molecule has 0 bridgehead atoms. The van der Waals surface area contributed by atoms with Crippen molar-refractivity contribution in [2.24, 2.45) is 0 Å². The number of rotatable bonds is 5. The number of nitrogens with zero attached hydrogens (tertiary/aromatic N) is 4. The summed E-state index contributed by atoms with van der Waals surface area (Å²) in [4.78, 5) is 27.6. The van der Waals surface area contributed by atoms with Crippen LogP contribution in [-0.2, 0) is 6.42 Å². The average molecular weight is 533 g/mol. The maximum Gasteiger partial charge on any atom is 0.253 e. The molecule has 0 spiro atoms. The predicted octanol–water partition coefficient (Wildman–Crippen LogP) is 6.81. The van der Waals surface area contributed by atoms with Crippen LogP contribution in [0.25, 0.3) is 22.2 Å². The van der Waals surface area contributed by atoms with E-state index in [1.807, 2.05) is 83.8 Å². The van der Waals surface area contributed by atoms with Gasteiger partial charge in [-0.1, -0.05) is 84.4 Å². The van der Waals surface area contributed by atoms with Crippen LogP contribution in [0.4, 0.5) is 5.82 Å². The van der Waals surface area contributed by atoms with E-state index >= 15 is 0 Å². The predicted molar refractivity (Wildman–Crippen MR) is 159 cm³/mol. The molecule has 194 valence electrons. The summed E-state index contributed by atoms with van der Waals surface area (Å²) >= 11 is 6.13. The third-order valence-electron chi connectivity index (χ3n) is 7.38. The largest absolute Gasteiger partial charge is 0.353 e. The lowest BCUT2D eigenvalue weighted by atomic mass is 10.0. The normalized spacial score (nSPS) is 13.6. The fourth-order valence-corrected chi connectivity index (χ4v) is 5.32. The Morgan fingerprint density at radius 1 is 0.795 bits per heavy atom. The third-order valence-corrected chi connectivity index (χ3v) is 7.63. The molecule has 1 saturated heterocycles. The van der Waals surface area contributed by atoms with Crippen LogP contribution in [0, 0.1) is 6.92 Å². The number of amides is 1. The molecule has 0 atom stereocenters. The second-order valence-electron chi connectivity index (χ2n) is 9.95. The number of carbonyl (C=O) groups excluding carboxylic acids is 1. The quantitative estimate of drug-likeness (QED) is 0.249. The number of aromatic nitrogens is 2. The van der Waals surface area contributed by atoms with Gasteiger partial charge < -0.3 is 9.80 Å². The lowest BCUT2D eigenvalue weighted by Gasteiger charge is -2.36. The zero-order chi connectivity index (χ0) is 26.8. The Labute approximate surface area is 233 Å². The Kier molecular flexibility index (Phi) is 6.99. The number of anilines is 1. The molecule has 39 heavy (non-hydrogen) atoms. The zero-order valence-electron chi connectivity index (χ0n) is 21.8. The summed E-state index contributed by atoms with van der Waals surface area (Å²) in [7, 11) is 0. The standard InChI is InChI=1S/C33H29ClN4O/c1-23-30(21-24-11-15-29(34)16-12-24)32(36-31(35-23)26-8-3-2-4-9-26)37-17-19-38(20-18-37)33(39)28-14-13-25-7-5-6-10-27(25)22-28/h2-16,22H,17-21H2,1H3. The molecule has 1 aliphatic rings. The van der Waals surface area contributed by atoms with Gasteiger partial charge >= 0.3 is 0 Å². The minimum Gasteiger partial charge on any atom is -0.353 e. The monoisotopic (exact) mass is 532 g/mol. The molecule has 1 aromatic heterocycles. The molecule has 0 aliphatic carbocycles. The summed E-state index contributed by atoms with van der Waals surface area (Å²) in [6, 6.07) is 32.1. The van der Waals surface area contributed by atoms with E-state index in [9.17, 15) is 4.79 Å². The van der Waals surface area contributed by atoms with Crippen molar-refractivity contribution in [1.29, 1.82) is 0 Å². The van der Waals surface area contributed by atoms with Crippen molar-refractivity contribution in [3.63, 3.8) is 0 Å².